The van der Waals surface area contributed by atoms with Crippen LogP contribution in [0.25, 0.3) is 22.2 Å². The summed E-state index contributed by atoms with van der Waals surface area (Å²) in [6.45, 7) is 9.66. The SMILES string of the molecule is CN1CCN(c2ccc(CNc3ncc4c(-c5ccc6c(c5)C(C)(C)CNC6=O)c[nH]c4n3)cn2)CC1. The van der Waals surface area contributed by atoms with E-state index in [4.69, 9.17) is 0 Å². The van der Waals surface area contributed by atoms with Crippen molar-refractivity contribution >= 4 is 28.7 Å². The van der Waals surface area contributed by atoms with Crippen molar-refractivity contribution in [3.63, 3.8) is 0 Å². The molecular weight excluding hydrogens is 464 g/mol. The zero-order valence-electron chi connectivity index (χ0n) is 21.5. The first-order chi connectivity index (χ1) is 17.9. The van der Waals surface area contributed by atoms with E-state index in [0.717, 1.165) is 70.8 Å². The molecule has 3 aromatic heterocycles. The number of hydrogen-bond acceptors (Lipinski definition) is 7. The van der Waals surface area contributed by atoms with Crippen molar-refractivity contribution in [1.29, 1.82) is 0 Å². The second-order valence-corrected chi connectivity index (χ2v) is 10.7. The highest BCUT2D eigenvalue weighted by Crippen LogP contribution is 2.35. The van der Waals surface area contributed by atoms with Crippen LogP contribution in [0.5, 0.6) is 0 Å². The molecule has 0 spiro atoms. The third-order valence-electron chi connectivity index (χ3n) is 7.51. The summed E-state index contributed by atoms with van der Waals surface area (Å²) in [5, 5.41) is 7.24. The lowest BCUT2D eigenvalue weighted by Crippen LogP contribution is -2.44. The number of amides is 1. The Morgan fingerprint density at radius 1 is 1.03 bits per heavy atom. The van der Waals surface area contributed by atoms with Gasteiger partial charge < -0.3 is 25.4 Å². The third-order valence-corrected chi connectivity index (χ3v) is 7.51. The molecule has 2 aliphatic rings. The lowest BCUT2D eigenvalue weighted by molar-refractivity contribution is 0.0930. The van der Waals surface area contributed by atoms with Gasteiger partial charge in [-0.2, -0.15) is 4.98 Å². The van der Waals surface area contributed by atoms with Crippen LogP contribution in [0.1, 0.15) is 35.3 Å². The molecule has 190 valence electrons. The Labute approximate surface area is 216 Å². The molecule has 1 saturated heterocycles. The van der Waals surface area contributed by atoms with Crippen LogP contribution in [0.15, 0.2) is 48.9 Å². The summed E-state index contributed by atoms with van der Waals surface area (Å²) in [7, 11) is 2.16. The fraction of sp³-hybridized carbons (Fsp3) is 0.357. The minimum Gasteiger partial charge on any atom is -0.354 e. The monoisotopic (exact) mass is 496 g/mol. The van der Waals surface area contributed by atoms with Gasteiger partial charge >= 0.3 is 0 Å². The van der Waals surface area contributed by atoms with Crippen LogP contribution < -0.4 is 15.5 Å². The van der Waals surface area contributed by atoms with Crippen molar-refractivity contribution in [2.45, 2.75) is 25.8 Å². The molecule has 1 fully saturated rings. The number of aromatic nitrogens is 4. The first-order valence-electron chi connectivity index (χ1n) is 12.8. The largest absolute Gasteiger partial charge is 0.354 e. The number of piperazine rings is 1. The molecule has 9 nitrogen and oxygen atoms in total. The van der Waals surface area contributed by atoms with Crippen LogP contribution in [0, 0.1) is 0 Å². The quantitative estimate of drug-likeness (QED) is 0.389. The van der Waals surface area contributed by atoms with E-state index in [1.165, 1.54) is 0 Å². The number of nitrogens with zero attached hydrogens (tertiary/aromatic N) is 5. The number of anilines is 2. The van der Waals surface area contributed by atoms with Gasteiger partial charge in [-0.1, -0.05) is 26.0 Å². The molecule has 1 aromatic carbocycles. The molecule has 37 heavy (non-hydrogen) atoms. The van der Waals surface area contributed by atoms with E-state index in [2.05, 4.69) is 79.5 Å². The fourth-order valence-corrected chi connectivity index (χ4v) is 5.12. The topological polar surface area (TPSA) is 102 Å². The number of fused-ring (bicyclic) bond motifs is 2. The maximum atomic E-state index is 12.3. The first kappa shape index (κ1) is 23.4. The lowest BCUT2D eigenvalue weighted by atomic mass is 9.78. The van der Waals surface area contributed by atoms with E-state index >= 15 is 0 Å². The van der Waals surface area contributed by atoms with Gasteiger partial charge in [0.25, 0.3) is 5.91 Å². The van der Waals surface area contributed by atoms with Crippen molar-refractivity contribution in [2.75, 3.05) is 50.0 Å². The molecule has 3 N–H and O–H groups in total. The Hall–Kier alpha value is -3.98. The number of carbonyl (C=O) groups is 1. The minimum absolute atomic E-state index is 0.0111. The predicted octanol–water partition coefficient (Wildman–Crippen LogP) is 3.40. The van der Waals surface area contributed by atoms with E-state index in [1.54, 1.807) is 0 Å². The van der Waals surface area contributed by atoms with Crippen LogP contribution in [0.3, 0.4) is 0 Å². The van der Waals surface area contributed by atoms with Gasteiger partial charge in [0, 0.05) is 79.8 Å². The molecule has 1 amide bonds. The maximum Gasteiger partial charge on any atom is 0.251 e. The summed E-state index contributed by atoms with van der Waals surface area (Å²) >= 11 is 0. The Kier molecular flexibility index (Phi) is 5.79. The van der Waals surface area contributed by atoms with Gasteiger partial charge in [0.15, 0.2) is 0 Å². The third kappa shape index (κ3) is 4.51. The van der Waals surface area contributed by atoms with Crippen LogP contribution in [-0.4, -0.2) is 70.5 Å². The molecule has 2 aliphatic heterocycles. The number of likely N-dealkylation sites (N-methyl/N-ethyl adjacent to an activating group) is 1. The van der Waals surface area contributed by atoms with E-state index in [9.17, 15) is 4.79 Å². The van der Waals surface area contributed by atoms with Crippen LogP contribution in [-0.2, 0) is 12.0 Å². The van der Waals surface area contributed by atoms with Crippen LogP contribution in [0.4, 0.5) is 11.8 Å². The fourth-order valence-electron chi connectivity index (χ4n) is 5.12. The van der Waals surface area contributed by atoms with Gasteiger partial charge in [0.05, 0.1) is 0 Å². The van der Waals surface area contributed by atoms with E-state index in [1.807, 2.05) is 30.7 Å². The van der Waals surface area contributed by atoms with E-state index in [0.29, 0.717) is 19.0 Å². The number of nitrogens with one attached hydrogen (secondary N) is 3. The zero-order chi connectivity index (χ0) is 25.6. The average Bonchev–Trinajstić information content (AvgIpc) is 3.34. The lowest BCUT2D eigenvalue weighted by Gasteiger charge is -2.33. The molecular formula is C28H32N8O. The number of aromatic amines is 1. The van der Waals surface area contributed by atoms with Crippen molar-refractivity contribution in [3.8, 4) is 11.1 Å². The summed E-state index contributed by atoms with van der Waals surface area (Å²) < 4.78 is 0. The summed E-state index contributed by atoms with van der Waals surface area (Å²) in [5.74, 6) is 1.58. The Morgan fingerprint density at radius 3 is 2.65 bits per heavy atom. The summed E-state index contributed by atoms with van der Waals surface area (Å²) in [6.07, 6.45) is 5.73. The molecule has 0 unspecified atom stereocenters. The average molecular weight is 497 g/mol. The van der Waals surface area contributed by atoms with Gasteiger partial charge in [-0.3, -0.25) is 4.79 Å². The molecule has 0 radical (unpaired) electrons. The number of H-pyrrole nitrogens is 1. The second kappa shape index (κ2) is 9.15. The molecule has 0 saturated carbocycles. The highest BCUT2D eigenvalue weighted by molar-refractivity contribution is 5.99. The normalized spacial score (nSPS) is 17.5. The van der Waals surface area contributed by atoms with Gasteiger partial charge in [-0.25, -0.2) is 9.97 Å². The zero-order valence-corrected chi connectivity index (χ0v) is 21.5. The molecule has 0 aliphatic carbocycles. The first-order valence-corrected chi connectivity index (χ1v) is 12.8. The Bertz CT molecular complexity index is 1450. The number of rotatable bonds is 5. The van der Waals surface area contributed by atoms with Gasteiger partial charge in [0.1, 0.15) is 11.5 Å². The molecule has 9 heteroatoms. The molecule has 6 rings (SSSR count). The Morgan fingerprint density at radius 2 is 1.86 bits per heavy atom. The summed E-state index contributed by atoms with van der Waals surface area (Å²) in [6, 6.07) is 10.2. The highest BCUT2D eigenvalue weighted by atomic mass is 16.1. The van der Waals surface area contributed by atoms with Gasteiger partial charge in [0.2, 0.25) is 5.95 Å². The van der Waals surface area contributed by atoms with E-state index in [-0.39, 0.29) is 11.3 Å². The van der Waals surface area contributed by atoms with E-state index < -0.39 is 0 Å². The van der Waals surface area contributed by atoms with Crippen LogP contribution in [0.2, 0.25) is 0 Å². The van der Waals surface area contributed by atoms with Gasteiger partial charge in [-0.15, -0.1) is 0 Å². The van der Waals surface area contributed by atoms with Crippen molar-refractivity contribution in [2.24, 2.45) is 0 Å². The number of benzene rings is 1. The van der Waals surface area contributed by atoms with Crippen LogP contribution >= 0.6 is 0 Å². The maximum absolute atomic E-state index is 12.3. The molecule has 0 atom stereocenters. The van der Waals surface area contributed by atoms with Gasteiger partial charge in [-0.05, 0) is 41.9 Å². The minimum atomic E-state index is -0.128. The van der Waals surface area contributed by atoms with Crippen molar-refractivity contribution in [3.05, 3.63) is 65.6 Å². The number of hydrogen-bond donors (Lipinski definition) is 3. The summed E-state index contributed by atoms with van der Waals surface area (Å²) in [5.41, 5.74) is 5.60. The van der Waals surface area contributed by atoms with Crippen molar-refractivity contribution in [1.82, 2.24) is 30.2 Å². The predicted molar refractivity (Wildman–Crippen MR) is 146 cm³/mol. The van der Waals surface area contributed by atoms with Crippen molar-refractivity contribution < 1.29 is 4.79 Å². The highest BCUT2D eigenvalue weighted by Gasteiger charge is 2.31. The smallest absolute Gasteiger partial charge is 0.251 e. The molecule has 5 heterocycles. The number of pyridine rings is 1. The Balaban J connectivity index is 1.17. The second-order valence-electron chi connectivity index (χ2n) is 10.7. The summed E-state index contributed by atoms with van der Waals surface area (Å²) in [4.78, 5) is 34.2. The molecule has 0 bridgehead atoms. The standard InChI is InChI=1S/C28H32N8O/c1-28(2)17-33-26(37)20-6-5-19(12-23(20)28)21-15-30-25-22(21)16-32-27(34-25)31-14-18-4-7-24(29-13-18)36-10-8-35(3)9-11-36/h4-7,12-13,15-16H,8-11,14,17H2,1-3H3,(H,33,37)(H2,30,31,32,34). The number of carbonyl (C=O) groups excluding carboxylic acids is 1. The molecule has 4 aromatic rings.